The molecule has 0 aliphatic heterocycles. The highest BCUT2D eigenvalue weighted by Crippen LogP contribution is 2.28. The van der Waals surface area contributed by atoms with Gasteiger partial charge in [-0.05, 0) is 32.0 Å². The molecule has 0 aliphatic carbocycles. The fourth-order valence-electron chi connectivity index (χ4n) is 1.69. The van der Waals surface area contributed by atoms with Crippen LogP contribution in [0.25, 0.3) is 10.2 Å². The van der Waals surface area contributed by atoms with Gasteiger partial charge in [0, 0.05) is 18.6 Å². The normalized spacial score (nSPS) is 12.4. The fraction of sp³-hybridized carbons (Fsp3) is 0.385. The quantitative estimate of drug-likeness (QED) is 0.942. The Balaban J connectivity index is 2.15. The monoisotopic (exact) mass is 297 g/mol. The molecule has 19 heavy (non-hydrogen) atoms. The van der Waals surface area contributed by atoms with E-state index in [1.807, 2.05) is 32.0 Å². The second-order valence-electron chi connectivity index (χ2n) is 4.35. The van der Waals surface area contributed by atoms with Gasteiger partial charge in [-0.3, -0.25) is 4.79 Å². The lowest BCUT2D eigenvalue weighted by Gasteiger charge is -2.20. The van der Waals surface area contributed by atoms with Crippen LogP contribution in [0.15, 0.2) is 18.2 Å². The molecule has 0 saturated heterocycles. The summed E-state index contributed by atoms with van der Waals surface area (Å²) in [7, 11) is 1.79. The number of benzene rings is 1. The molecule has 0 radical (unpaired) electrons. The Bertz CT molecular complexity index is 599. The fourth-order valence-corrected chi connectivity index (χ4v) is 2.92. The van der Waals surface area contributed by atoms with Crippen LogP contribution in [0.4, 0.5) is 5.13 Å². The SMILES string of the molecule is CCN(C)C(=O)C(C)Nc1nc2ccc(Cl)cc2s1. The third kappa shape index (κ3) is 3.16. The van der Waals surface area contributed by atoms with E-state index in [1.165, 1.54) is 11.3 Å². The predicted octanol–water partition coefficient (Wildman–Crippen LogP) is 3.23. The Morgan fingerprint density at radius 2 is 2.32 bits per heavy atom. The third-order valence-corrected chi connectivity index (χ3v) is 4.10. The van der Waals surface area contributed by atoms with Crippen LogP contribution in [-0.4, -0.2) is 35.4 Å². The van der Waals surface area contributed by atoms with Crippen molar-refractivity contribution in [2.45, 2.75) is 19.9 Å². The summed E-state index contributed by atoms with van der Waals surface area (Å²) in [5, 5.41) is 4.57. The molecular weight excluding hydrogens is 282 g/mol. The Morgan fingerprint density at radius 1 is 1.58 bits per heavy atom. The smallest absolute Gasteiger partial charge is 0.244 e. The molecule has 6 heteroatoms. The van der Waals surface area contributed by atoms with E-state index >= 15 is 0 Å². The highest BCUT2D eigenvalue weighted by atomic mass is 35.5. The molecule has 0 bridgehead atoms. The number of likely N-dealkylation sites (N-methyl/N-ethyl adjacent to an activating group) is 1. The maximum atomic E-state index is 12.0. The Hall–Kier alpha value is -1.33. The van der Waals surface area contributed by atoms with Crippen LogP contribution in [-0.2, 0) is 4.79 Å². The minimum absolute atomic E-state index is 0.0554. The van der Waals surface area contributed by atoms with Gasteiger partial charge in [0.2, 0.25) is 5.91 Å². The molecular formula is C13H16ClN3OS. The van der Waals surface area contributed by atoms with Gasteiger partial charge in [-0.1, -0.05) is 22.9 Å². The molecule has 1 aromatic heterocycles. The molecule has 1 unspecified atom stereocenters. The summed E-state index contributed by atoms with van der Waals surface area (Å²) in [5.74, 6) is 0.0554. The van der Waals surface area contributed by atoms with E-state index in [0.29, 0.717) is 11.6 Å². The zero-order chi connectivity index (χ0) is 14.0. The first-order valence-corrected chi connectivity index (χ1v) is 7.28. The molecule has 2 aromatic rings. The minimum Gasteiger partial charge on any atom is -0.350 e. The molecule has 1 amide bonds. The summed E-state index contributed by atoms with van der Waals surface area (Å²) in [6.45, 7) is 4.48. The van der Waals surface area contributed by atoms with E-state index in [9.17, 15) is 4.79 Å². The number of amides is 1. The summed E-state index contributed by atoms with van der Waals surface area (Å²) in [4.78, 5) is 18.1. The number of aromatic nitrogens is 1. The van der Waals surface area contributed by atoms with Crippen molar-refractivity contribution in [3.63, 3.8) is 0 Å². The minimum atomic E-state index is -0.291. The van der Waals surface area contributed by atoms with Crippen LogP contribution in [0.3, 0.4) is 0 Å². The van der Waals surface area contributed by atoms with Gasteiger partial charge in [0.1, 0.15) is 6.04 Å². The summed E-state index contributed by atoms with van der Waals surface area (Å²) in [6.07, 6.45) is 0. The first-order chi connectivity index (χ1) is 9.01. The summed E-state index contributed by atoms with van der Waals surface area (Å²) in [6, 6.07) is 5.28. The zero-order valence-corrected chi connectivity index (χ0v) is 12.7. The number of anilines is 1. The topological polar surface area (TPSA) is 45.2 Å². The number of fused-ring (bicyclic) bond motifs is 1. The van der Waals surface area contributed by atoms with Crippen molar-refractivity contribution < 1.29 is 4.79 Å². The molecule has 2 rings (SSSR count). The van der Waals surface area contributed by atoms with E-state index in [4.69, 9.17) is 11.6 Å². The van der Waals surface area contributed by atoms with Crippen molar-refractivity contribution in [3.8, 4) is 0 Å². The number of carbonyl (C=O) groups is 1. The van der Waals surface area contributed by atoms with E-state index < -0.39 is 0 Å². The number of nitrogens with zero attached hydrogens (tertiary/aromatic N) is 2. The van der Waals surface area contributed by atoms with Crippen LogP contribution in [0, 0.1) is 0 Å². The molecule has 0 saturated carbocycles. The largest absolute Gasteiger partial charge is 0.350 e. The zero-order valence-electron chi connectivity index (χ0n) is 11.1. The van der Waals surface area contributed by atoms with Gasteiger partial charge < -0.3 is 10.2 Å². The van der Waals surface area contributed by atoms with Crippen LogP contribution in [0.2, 0.25) is 5.02 Å². The van der Waals surface area contributed by atoms with Gasteiger partial charge >= 0.3 is 0 Å². The molecule has 0 fully saturated rings. The van der Waals surface area contributed by atoms with Crippen molar-refractivity contribution in [2.75, 3.05) is 18.9 Å². The Labute approximate surface area is 121 Å². The Kier molecular flexibility index (Phi) is 4.27. The Morgan fingerprint density at radius 3 is 3.00 bits per heavy atom. The second-order valence-corrected chi connectivity index (χ2v) is 5.82. The van der Waals surface area contributed by atoms with Crippen molar-refractivity contribution in [3.05, 3.63) is 23.2 Å². The van der Waals surface area contributed by atoms with Gasteiger partial charge in [0.25, 0.3) is 0 Å². The van der Waals surface area contributed by atoms with Crippen molar-refractivity contribution >= 4 is 44.2 Å². The number of hydrogen-bond acceptors (Lipinski definition) is 4. The number of carbonyl (C=O) groups excluding carboxylic acids is 1. The van der Waals surface area contributed by atoms with Crippen molar-refractivity contribution in [1.82, 2.24) is 9.88 Å². The van der Waals surface area contributed by atoms with Gasteiger partial charge in [0.15, 0.2) is 5.13 Å². The van der Waals surface area contributed by atoms with Crippen LogP contribution in [0.1, 0.15) is 13.8 Å². The molecule has 1 N–H and O–H groups in total. The van der Waals surface area contributed by atoms with Crippen molar-refractivity contribution in [2.24, 2.45) is 0 Å². The van der Waals surface area contributed by atoms with Crippen LogP contribution < -0.4 is 5.32 Å². The summed E-state index contributed by atoms with van der Waals surface area (Å²) < 4.78 is 1.01. The maximum Gasteiger partial charge on any atom is 0.244 e. The van der Waals surface area contributed by atoms with E-state index in [0.717, 1.165) is 15.3 Å². The summed E-state index contributed by atoms with van der Waals surface area (Å²) in [5.41, 5.74) is 0.889. The molecule has 1 aromatic carbocycles. The highest BCUT2D eigenvalue weighted by molar-refractivity contribution is 7.22. The molecule has 0 aliphatic rings. The predicted molar refractivity (Wildman–Crippen MR) is 81.0 cm³/mol. The van der Waals surface area contributed by atoms with Crippen molar-refractivity contribution in [1.29, 1.82) is 0 Å². The molecule has 4 nitrogen and oxygen atoms in total. The maximum absolute atomic E-state index is 12.0. The molecule has 102 valence electrons. The number of halogens is 1. The van der Waals surface area contributed by atoms with Crippen LogP contribution >= 0.6 is 22.9 Å². The van der Waals surface area contributed by atoms with E-state index in [2.05, 4.69) is 10.3 Å². The average Bonchev–Trinajstić information content (AvgIpc) is 2.77. The lowest BCUT2D eigenvalue weighted by atomic mass is 10.3. The molecule has 0 spiro atoms. The summed E-state index contributed by atoms with van der Waals surface area (Å²) >= 11 is 7.44. The average molecular weight is 298 g/mol. The molecule has 1 atom stereocenters. The number of rotatable bonds is 4. The van der Waals surface area contributed by atoms with Gasteiger partial charge in [-0.15, -0.1) is 0 Å². The van der Waals surface area contributed by atoms with E-state index in [-0.39, 0.29) is 11.9 Å². The first kappa shape index (κ1) is 14.1. The van der Waals surface area contributed by atoms with Gasteiger partial charge in [-0.25, -0.2) is 4.98 Å². The second kappa shape index (κ2) is 5.75. The van der Waals surface area contributed by atoms with E-state index in [1.54, 1.807) is 11.9 Å². The first-order valence-electron chi connectivity index (χ1n) is 6.09. The van der Waals surface area contributed by atoms with Crippen LogP contribution in [0.5, 0.6) is 0 Å². The number of hydrogen-bond donors (Lipinski definition) is 1. The lowest BCUT2D eigenvalue weighted by molar-refractivity contribution is -0.130. The lowest BCUT2D eigenvalue weighted by Crippen LogP contribution is -2.38. The van der Waals surface area contributed by atoms with Gasteiger partial charge in [0.05, 0.1) is 10.2 Å². The standard InChI is InChI=1S/C13H16ClN3OS/c1-4-17(3)12(18)8(2)15-13-16-10-6-5-9(14)7-11(10)19-13/h5-8H,4H2,1-3H3,(H,15,16). The number of thiazole rings is 1. The number of nitrogens with one attached hydrogen (secondary N) is 1. The third-order valence-electron chi connectivity index (χ3n) is 2.91. The highest BCUT2D eigenvalue weighted by Gasteiger charge is 2.17. The van der Waals surface area contributed by atoms with Gasteiger partial charge in [-0.2, -0.15) is 0 Å². The molecule has 1 heterocycles.